The predicted octanol–water partition coefficient (Wildman–Crippen LogP) is 3.82. The van der Waals surface area contributed by atoms with E-state index in [-0.39, 0.29) is 23.1 Å². The molecule has 0 saturated heterocycles. The van der Waals surface area contributed by atoms with E-state index in [1.165, 1.54) is 30.0 Å². The summed E-state index contributed by atoms with van der Waals surface area (Å²) in [6, 6.07) is 14.1. The molecule has 0 saturated carbocycles. The maximum absolute atomic E-state index is 13.7. The number of rotatable bonds is 4. The molecule has 2 unspecified atom stereocenters. The third-order valence-corrected chi connectivity index (χ3v) is 7.23. The smallest absolute Gasteiger partial charge is 0.282 e. The second-order valence-electron chi connectivity index (χ2n) is 8.01. The van der Waals surface area contributed by atoms with Gasteiger partial charge in [0.15, 0.2) is 0 Å². The zero-order valence-corrected chi connectivity index (χ0v) is 18.5. The SMILES string of the molecule is CC(C(=O)N1CCc2sccc2C1c1ccccc1)N1C(=O)c2cccc([N+](=O)[O-])c2C1=O. The zero-order chi connectivity index (χ0) is 23.3. The van der Waals surface area contributed by atoms with E-state index >= 15 is 0 Å². The van der Waals surface area contributed by atoms with E-state index < -0.39 is 28.5 Å². The molecule has 0 fully saturated rings. The fraction of sp³-hybridized carbons (Fsp3) is 0.208. The van der Waals surface area contributed by atoms with E-state index in [1.54, 1.807) is 16.2 Å². The molecule has 0 bridgehead atoms. The average Bonchev–Trinajstić information content (AvgIpc) is 3.40. The quantitative estimate of drug-likeness (QED) is 0.334. The van der Waals surface area contributed by atoms with Crippen molar-refractivity contribution in [2.75, 3.05) is 6.54 Å². The lowest BCUT2D eigenvalue weighted by Crippen LogP contribution is -2.52. The Morgan fingerprint density at radius 2 is 1.85 bits per heavy atom. The van der Waals surface area contributed by atoms with Crippen LogP contribution in [-0.2, 0) is 11.2 Å². The number of carbonyl (C=O) groups is 3. The minimum atomic E-state index is -1.11. The monoisotopic (exact) mass is 461 g/mol. The highest BCUT2D eigenvalue weighted by molar-refractivity contribution is 7.10. The van der Waals surface area contributed by atoms with Gasteiger partial charge in [0.1, 0.15) is 11.6 Å². The summed E-state index contributed by atoms with van der Waals surface area (Å²) in [6.45, 7) is 1.95. The van der Waals surface area contributed by atoms with Crippen molar-refractivity contribution in [1.82, 2.24) is 9.80 Å². The molecule has 2 aromatic carbocycles. The van der Waals surface area contributed by atoms with E-state index in [4.69, 9.17) is 0 Å². The summed E-state index contributed by atoms with van der Waals surface area (Å²) >= 11 is 1.65. The number of amides is 3. The van der Waals surface area contributed by atoms with Gasteiger partial charge in [-0.15, -0.1) is 11.3 Å². The number of nitro benzene ring substituents is 1. The molecule has 0 radical (unpaired) electrons. The molecule has 0 N–H and O–H groups in total. The fourth-order valence-corrected chi connectivity index (χ4v) is 5.59. The summed E-state index contributed by atoms with van der Waals surface area (Å²) in [5, 5.41) is 13.4. The van der Waals surface area contributed by atoms with Gasteiger partial charge in [-0.2, -0.15) is 0 Å². The van der Waals surface area contributed by atoms with Crippen molar-refractivity contribution < 1.29 is 19.3 Å². The molecule has 5 rings (SSSR count). The van der Waals surface area contributed by atoms with E-state index in [9.17, 15) is 24.5 Å². The van der Waals surface area contributed by atoms with Crippen LogP contribution < -0.4 is 0 Å². The van der Waals surface area contributed by atoms with Crippen LogP contribution in [-0.4, -0.2) is 45.0 Å². The number of imide groups is 1. The Labute approximate surface area is 193 Å². The summed E-state index contributed by atoms with van der Waals surface area (Å²) in [5.74, 6) is -1.88. The van der Waals surface area contributed by atoms with Gasteiger partial charge in [-0.1, -0.05) is 36.4 Å². The molecule has 2 atom stereocenters. The van der Waals surface area contributed by atoms with Crippen molar-refractivity contribution in [1.29, 1.82) is 0 Å². The largest absolute Gasteiger partial charge is 0.329 e. The van der Waals surface area contributed by atoms with E-state index in [1.807, 2.05) is 41.8 Å². The van der Waals surface area contributed by atoms with Gasteiger partial charge in [0.2, 0.25) is 5.91 Å². The van der Waals surface area contributed by atoms with Crippen LogP contribution in [0.15, 0.2) is 60.0 Å². The van der Waals surface area contributed by atoms with Crippen molar-refractivity contribution in [2.45, 2.75) is 25.4 Å². The highest BCUT2D eigenvalue weighted by Crippen LogP contribution is 2.39. The first-order chi connectivity index (χ1) is 15.9. The van der Waals surface area contributed by atoms with Gasteiger partial charge in [-0.05, 0) is 42.0 Å². The summed E-state index contributed by atoms with van der Waals surface area (Å²) in [5.41, 5.74) is 1.24. The molecule has 2 aliphatic rings. The molecule has 33 heavy (non-hydrogen) atoms. The average molecular weight is 461 g/mol. The number of hydrogen-bond acceptors (Lipinski definition) is 6. The first kappa shape index (κ1) is 21.0. The lowest BCUT2D eigenvalue weighted by Gasteiger charge is -2.39. The molecule has 166 valence electrons. The molecular weight excluding hydrogens is 442 g/mol. The first-order valence-electron chi connectivity index (χ1n) is 10.5. The lowest BCUT2D eigenvalue weighted by molar-refractivity contribution is -0.385. The Morgan fingerprint density at radius 3 is 2.58 bits per heavy atom. The second-order valence-corrected chi connectivity index (χ2v) is 9.01. The molecule has 0 spiro atoms. The van der Waals surface area contributed by atoms with Gasteiger partial charge >= 0.3 is 0 Å². The Balaban J connectivity index is 1.51. The number of benzene rings is 2. The minimum Gasteiger partial charge on any atom is -0.329 e. The van der Waals surface area contributed by atoms with E-state index in [0.29, 0.717) is 13.0 Å². The Bertz CT molecular complexity index is 1300. The van der Waals surface area contributed by atoms with Gasteiger partial charge in [0.25, 0.3) is 17.5 Å². The topological polar surface area (TPSA) is 101 Å². The van der Waals surface area contributed by atoms with Crippen LogP contribution in [0.1, 0.15) is 49.7 Å². The molecule has 2 aliphatic heterocycles. The lowest BCUT2D eigenvalue weighted by atomic mass is 9.92. The standard InChI is InChI=1S/C24H19N3O5S/c1-14(26-23(29)17-8-5-9-18(27(31)32)20(17)24(26)30)22(28)25-12-10-19-16(11-13-33-19)21(25)15-6-3-2-4-7-15/h2-9,11,13-14,21H,10,12H2,1H3. The molecule has 3 aromatic rings. The van der Waals surface area contributed by atoms with Crippen LogP contribution in [0.2, 0.25) is 0 Å². The molecule has 9 heteroatoms. The van der Waals surface area contributed by atoms with Crippen molar-refractivity contribution in [3.8, 4) is 0 Å². The molecule has 1 aromatic heterocycles. The maximum atomic E-state index is 13.7. The third-order valence-electron chi connectivity index (χ3n) is 6.23. The number of fused-ring (bicyclic) bond motifs is 2. The Morgan fingerprint density at radius 1 is 1.09 bits per heavy atom. The minimum absolute atomic E-state index is 0.0489. The van der Waals surface area contributed by atoms with Crippen LogP contribution in [0.5, 0.6) is 0 Å². The summed E-state index contributed by atoms with van der Waals surface area (Å²) < 4.78 is 0. The predicted molar refractivity (Wildman–Crippen MR) is 121 cm³/mol. The number of hydrogen-bond donors (Lipinski definition) is 0. The normalized spacial score (nSPS) is 18.2. The second kappa shape index (κ2) is 7.93. The highest BCUT2D eigenvalue weighted by atomic mass is 32.1. The number of carbonyl (C=O) groups excluding carboxylic acids is 3. The van der Waals surface area contributed by atoms with Crippen LogP contribution >= 0.6 is 11.3 Å². The van der Waals surface area contributed by atoms with E-state index in [0.717, 1.165) is 16.0 Å². The Hall–Kier alpha value is -3.85. The van der Waals surface area contributed by atoms with Crippen molar-refractivity contribution in [3.05, 3.63) is 97.2 Å². The molecular formula is C24H19N3O5S. The van der Waals surface area contributed by atoms with Crippen molar-refractivity contribution >= 4 is 34.7 Å². The van der Waals surface area contributed by atoms with Crippen LogP contribution in [0.4, 0.5) is 5.69 Å². The van der Waals surface area contributed by atoms with Crippen LogP contribution in [0.25, 0.3) is 0 Å². The van der Waals surface area contributed by atoms with E-state index in [2.05, 4.69) is 0 Å². The van der Waals surface area contributed by atoms with Crippen LogP contribution in [0, 0.1) is 10.1 Å². The van der Waals surface area contributed by atoms with Gasteiger partial charge in [-0.3, -0.25) is 29.4 Å². The summed E-state index contributed by atoms with van der Waals surface area (Å²) in [7, 11) is 0. The zero-order valence-electron chi connectivity index (χ0n) is 17.6. The van der Waals surface area contributed by atoms with Gasteiger partial charge in [0, 0.05) is 17.5 Å². The number of thiophene rings is 1. The molecule has 3 heterocycles. The molecule has 8 nitrogen and oxygen atoms in total. The van der Waals surface area contributed by atoms with Gasteiger partial charge in [0.05, 0.1) is 16.5 Å². The molecule has 0 aliphatic carbocycles. The van der Waals surface area contributed by atoms with Crippen LogP contribution in [0.3, 0.4) is 0 Å². The first-order valence-corrected chi connectivity index (χ1v) is 11.3. The van der Waals surface area contributed by atoms with Crippen molar-refractivity contribution in [3.63, 3.8) is 0 Å². The van der Waals surface area contributed by atoms with Gasteiger partial charge < -0.3 is 4.90 Å². The highest BCUT2D eigenvalue weighted by Gasteiger charge is 2.46. The summed E-state index contributed by atoms with van der Waals surface area (Å²) in [4.78, 5) is 54.3. The number of nitro groups is 1. The fourth-order valence-electron chi connectivity index (χ4n) is 4.69. The Kier molecular flexibility index (Phi) is 5.05. The number of nitrogens with zero attached hydrogens (tertiary/aromatic N) is 3. The third kappa shape index (κ3) is 3.23. The van der Waals surface area contributed by atoms with Gasteiger partial charge in [-0.25, -0.2) is 0 Å². The molecule has 3 amide bonds. The maximum Gasteiger partial charge on any atom is 0.282 e. The summed E-state index contributed by atoms with van der Waals surface area (Å²) in [6.07, 6.45) is 0.683. The van der Waals surface area contributed by atoms with Crippen molar-refractivity contribution in [2.24, 2.45) is 0 Å².